The molecule has 7 heteroatoms. The highest BCUT2D eigenvalue weighted by atomic mass is 35.5. The number of carbonyl (C=O) groups excluding carboxylic acids is 1. The Morgan fingerprint density at radius 2 is 2.14 bits per heavy atom. The summed E-state index contributed by atoms with van der Waals surface area (Å²) in [5.41, 5.74) is 2.49. The molecule has 0 saturated carbocycles. The van der Waals surface area contributed by atoms with Gasteiger partial charge in [-0.05, 0) is 29.3 Å². The van der Waals surface area contributed by atoms with E-state index >= 15 is 0 Å². The molecule has 0 radical (unpaired) electrons. The highest BCUT2D eigenvalue weighted by molar-refractivity contribution is 6.31. The monoisotopic (exact) mass is 301 g/mol. The van der Waals surface area contributed by atoms with E-state index in [1.54, 1.807) is 4.68 Å². The minimum absolute atomic E-state index is 0.134. The van der Waals surface area contributed by atoms with Gasteiger partial charge in [-0.2, -0.15) is 4.68 Å². The van der Waals surface area contributed by atoms with Crippen LogP contribution >= 0.6 is 11.6 Å². The molecule has 21 heavy (non-hydrogen) atoms. The molecule has 0 amide bonds. The molecular weight excluding hydrogens is 290 g/mol. The Balaban J connectivity index is 1.96. The van der Waals surface area contributed by atoms with E-state index in [1.165, 1.54) is 0 Å². The quantitative estimate of drug-likeness (QED) is 0.875. The lowest BCUT2D eigenvalue weighted by molar-refractivity contribution is -0.116. The van der Waals surface area contributed by atoms with Crippen LogP contribution in [0.25, 0.3) is 0 Å². The minimum atomic E-state index is -0.354. The molecule has 1 aromatic heterocycles. The van der Waals surface area contributed by atoms with Gasteiger partial charge in [-0.3, -0.25) is 4.79 Å². The molecule has 2 aliphatic rings. The van der Waals surface area contributed by atoms with Crippen molar-refractivity contribution in [1.29, 1.82) is 0 Å². The van der Waals surface area contributed by atoms with Crippen molar-refractivity contribution in [3.8, 4) is 0 Å². The normalized spacial score (nSPS) is 20.8. The Labute approximate surface area is 125 Å². The molecule has 1 aliphatic carbocycles. The SMILES string of the molecule is O=C1CCCC2=C1C(c1ccccc1Cl)n1nnnc1N2. The smallest absolute Gasteiger partial charge is 0.248 e. The van der Waals surface area contributed by atoms with Crippen molar-refractivity contribution in [2.45, 2.75) is 25.3 Å². The molecule has 106 valence electrons. The van der Waals surface area contributed by atoms with Crippen LogP contribution < -0.4 is 5.32 Å². The van der Waals surface area contributed by atoms with E-state index in [0.29, 0.717) is 17.4 Å². The van der Waals surface area contributed by atoms with E-state index in [-0.39, 0.29) is 11.8 Å². The lowest BCUT2D eigenvalue weighted by Gasteiger charge is -2.31. The fraction of sp³-hybridized carbons (Fsp3) is 0.286. The first-order valence-corrected chi connectivity index (χ1v) is 7.19. The van der Waals surface area contributed by atoms with E-state index in [1.807, 2.05) is 24.3 Å². The third-order valence-corrected chi connectivity index (χ3v) is 4.27. The van der Waals surface area contributed by atoms with Crippen LogP contribution in [0.3, 0.4) is 0 Å². The number of Topliss-reactive ketones (excluding diaryl/α,β-unsaturated/α-hetero) is 1. The van der Waals surface area contributed by atoms with E-state index in [2.05, 4.69) is 20.8 Å². The summed E-state index contributed by atoms with van der Waals surface area (Å²) in [5, 5.41) is 15.5. The van der Waals surface area contributed by atoms with Crippen molar-refractivity contribution in [2.24, 2.45) is 0 Å². The summed E-state index contributed by atoms with van der Waals surface area (Å²) in [6.45, 7) is 0. The van der Waals surface area contributed by atoms with Crippen LogP contribution in [-0.2, 0) is 4.79 Å². The van der Waals surface area contributed by atoms with Gasteiger partial charge in [-0.1, -0.05) is 34.9 Å². The lowest BCUT2D eigenvalue weighted by Crippen LogP contribution is -2.31. The average molecular weight is 302 g/mol. The molecule has 2 aromatic rings. The third-order valence-electron chi connectivity index (χ3n) is 3.93. The number of nitrogens with one attached hydrogen (secondary N) is 1. The third kappa shape index (κ3) is 1.86. The van der Waals surface area contributed by atoms with Gasteiger partial charge >= 0.3 is 0 Å². The van der Waals surface area contributed by atoms with E-state index in [4.69, 9.17) is 11.6 Å². The van der Waals surface area contributed by atoms with Crippen LogP contribution in [0.15, 0.2) is 35.5 Å². The Morgan fingerprint density at radius 1 is 1.29 bits per heavy atom. The average Bonchev–Trinajstić information content (AvgIpc) is 2.94. The molecule has 4 rings (SSSR count). The molecule has 0 spiro atoms. The summed E-state index contributed by atoms with van der Waals surface area (Å²) in [5.74, 6) is 0.684. The zero-order valence-corrected chi connectivity index (χ0v) is 11.8. The number of nitrogens with zero attached hydrogens (tertiary/aromatic N) is 4. The Kier molecular flexibility index (Phi) is 2.78. The van der Waals surface area contributed by atoms with Crippen molar-refractivity contribution in [1.82, 2.24) is 20.2 Å². The minimum Gasteiger partial charge on any atom is -0.326 e. The van der Waals surface area contributed by atoms with Gasteiger partial charge in [0.2, 0.25) is 5.95 Å². The number of hydrogen-bond donors (Lipinski definition) is 1. The highest BCUT2D eigenvalue weighted by Gasteiger charge is 2.37. The number of benzene rings is 1. The van der Waals surface area contributed by atoms with Crippen LogP contribution in [0.4, 0.5) is 5.95 Å². The number of hydrogen-bond acceptors (Lipinski definition) is 5. The number of tetrazole rings is 1. The first kappa shape index (κ1) is 12.5. The molecule has 1 aliphatic heterocycles. The van der Waals surface area contributed by atoms with Crippen LogP contribution in [0, 0.1) is 0 Å². The van der Waals surface area contributed by atoms with Gasteiger partial charge in [-0.15, -0.1) is 0 Å². The first-order valence-electron chi connectivity index (χ1n) is 6.81. The second-order valence-electron chi connectivity index (χ2n) is 5.17. The Bertz CT molecular complexity index is 766. The molecule has 6 nitrogen and oxygen atoms in total. The molecule has 2 heterocycles. The maximum absolute atomic E-state index is 12.4. The molecule has 0 fully saturated rings. The standard InChI is InChI=1S/C14H12ClN5O/c15-9-5-2-1-4-8(9)13-12-10(6-3-7-11(12)21)16-14-17-18-19-20(13)14/h1-2,4-5,13H,3,6-7H2,(H,16,17,19). The summed E-state index contributed by atoms with van der Waals surface area (Å²) >= 11 is 6.33. The van der Waals surface area contributed by atoms with Crippen molar-refractivity contribution >= 4 is 23.3 Å². The molecule has 0 bridgehead atoms. The topological polar surface area (TPSA) is 72.7 Å². The van der Waals surface area contributed by atoms with Crippen molar-refractivity contribution < 1.29 is 4.79 Å². The number of halogens is 1. The second-order valence-corrected chi connectivity index (χ2v) is 5.57. The van der Waals surface area contributed by atoms with Gasteiger partial charge in [-0.25, -0.2) is 0 Å². The number of anilines is 1. The van der Waals surface area contributed by atoms with Gasteiger partial charge in [0, 0.05) is 28.3 Å². The maximum atomic E-state index is 12.4. The molecular formula is C14H12ClN5O. The number of allylic oxidation sites excluding steroid dienone is 2. The highest BCUT2D eigenvalue weighted by Crippen LogP contribution is 2.41. The van der Waals surface area contributed by atoms with E-state index in [0.717, 1.165) is 29.7 Å². The van der Waals surface area contributed by atoms with Gasteiger partial charge in [0.1, 0.15) is 6.04 Å². The summed E-state index contributed by atoms with van der Waals surface area (Å²) in [6.07, 6.45) is 2.23. The molecule has 1 atom stereocenters. The van der Waals surface area contributed by atoms with Gasteiger partial charge in [0.25, 0.3) is 0 Å². The molecule has 1 N–H and O–H groups in total. The number of aromatic nitrogens is 4. The van der Waals surface area contributed by atoms with E-state index < -0.39 is 0 Å². The van der Waals surface area contributed by atoms with Gasteiger partial charge in [0.05, 0.1) is 0 Å². The van der Waals surface area contributed by atoms with Gasteiger partial charge < -0.3 is 5.32 Å². The van der Waals surface area contributed by atoms with Crippen LogP contribution in [0.5, 0.6) is 0 Å². The van der Waals surface area contributed by atoms with Crippen molar-refractivity contribution in [3.63, 3.8) is 0 Å². The summed E-state index contributed by atoms with van der Waals surface area (Å²) in [6, 6.07) is 7.15. The number of ketones is 1. The second kappa shape index (κ2) is 4.66. The summed E-state index contributed by atoms with van der Waals surface area (Å²) < 4.78 is 1.63. The molecule has 0 saturated heterocycles. The zero-order chi connectivity index (χ0) is 14.4. The number of fused-ring (bicyclic) bond motifs is 1. The number of carbonyl (C=O) groups is 1. The summed E-state index contributed by atoms with van der Waals surface area (Å²) in [7, 11) is 0. The van der Waals surface area contributed by atoms with Crippen molar-refractivity contribution in [2.75, 3.05) is 5.32 Å². The fourth-order valence-corrected chi connectivity index (χ4v) is 3.24. The fourth-order valence-electron chi connectivity index (χ4n) is 3.00. The predicted molar refractivity (Wildman–Crippen MR) is 76.9 cm³/mol. The largest absolute Gasteiger partial charge is 0.326 e. The predicted octanol–water partition coefficient (Wildman–Crippen LogP) is 2.35. The first-order chi connectivity index (χ1) is 10.3. The molecule has 1 unspecified atom stereocenters. The van der Waals surface area contributed by atoms with Gasteiger partial charge in [0.15, 0.2) is 5.78 Å². The lowest BCUT2D eigenvalue weighted by atomic mass is 9.85. The Hall–Kier alpha value is -2.21. The molecule has 1 aromatic carbocycles. The zero-order valence-electron chi connectivity index (χ0n) is 11.1. The van der Waals surface area contributed by atoms with Crippen LogP contribution in [0.1, 0.15) is 30.9 Å². The maximum Gasteiger partial charge on any atom is 0.248 e. The van der Waals surface area contributed by atoms with E-state index in [9.17, 15) is 4.79 Å². The Morgan fingerprint density at radius 3 is 3.00 bits per heavy atom. The summed E-state index contributed by atoms with van der Waals surface area (Å²) in [4.78, 5) is 12.4. The van der Waals surface area contributed by atoms with Crippen LogP contribution in [-0.4, -0.2) is 26.0 Å². The van der Waals surface area contributed by atoms with Crippen LogP contribution in [0.2, 0.25) is 5.02 Å². The number of rotatable bonds is 1. The van der Waals surface area contributed by atoms with Crippen molar-refractivity contribution in [3.05, 3.63) is 46.1 Å².